The zero-order chi connectivity index (χ0) is 27.0. The molecule has 2 N–H and O–H groups in total. The van der Waals surface area contributed by atoms with E-state index < -0.39 is 32.5 Å². The molecule has 13 heteroatoms. The quantitative estimate of drug-likeness (QED) is 0.346. The fourth-order valence-electron chi connectivity index (χ4n) is 4.66. The van der Waals surface area contributed by atoms with E-state index in [-0.39, 0.29) is 34.5 Å². The number of likely N-dealkylation sites (N-methyl/N-ethyl adjacent to an activating group) is 1. The van der Waals surface area contributed by atoms with Gasteiger partial charge < -0.3 is 14.7 Å². The first-order chi connectivity index (χ1) is 17.3. The molecule has 1 saturated carbocycles. The van der Waals surface area contributed by atoms with E-state index in [9.17, 15) is 26.0 Å². The van der Waals surface area contributed by atoms with Gasteiger partial charge >= 0.3 is 6.18 Å². The number of aromatic nitrogens is 1. The Balaban J connectivity index is 1.52. The molecule has 0 unspecified atom stereocenters. The molecule has 0 aliphatic heterocycles. The van der Waals surface area contributed by atoms with Gasteiger partial charge in [-0.2, -0.15) is 13.2 Å². The highest BCUT2D eigenvalue weighted by Gasteiger charge is 2.35. The fourth-order valence-corrected chi connectivity index (χ4v) is 6.02. The van der Waals surface area contributed by atoms with Gasteiger partial charge in [-0.15, -0.1) is 0 Å². The van der Waals surface area contributed by atoms with Gasteiger partial charge in [0.05, 0.1) is 16.3 Å². The normalized spacial score (nSPS) is 20.7. The number of nitrogens with zero attached hydrogens (tertiary/aromatic N) is 2. The number of hydrogen-bond donors (Lipinski definition) is 2. The summed E-state index contributed by atoms with van der Waals surface area (Å²) in [6, 6.07) is 8.37. The molecule has 1 aliphatic rings. The van der Waals surface area contributed by atoms with Crippen molar-refractivity contribution >= 4 is 33.1 Å². The number of anilines is 2. The van der Waals surface area contributed by atoms with Crippen LogP contribution < -0.4 is 10.0 Å². The molecule has 3 atom stereocenters. The summed E-state index contributed by atoms with van der Waals surface area (Å²) >= 11 is 6.34. The summed E-state index contributed by atoms with van der Waals surface area (Å²) in [6.07, 6.45) is -1.50. The van der Waals surface area contributed by atoms with E-state index in [0.717, 1.165) is 24.5 Å². The van der Waals surface area contributed by atoms with E-state index in [1.165, 1.54) is 18.2 Å². The molecule has 4 rings (SSSR count). The van der Waals surface area contributed by atoms with Gasteiger partial charge in [0.15, 0.2) is 5.82 Å². The van der Waals surface area contributed by atoms with Crippen molar-refractivity contribution in [2.24, 2.45) is 0 Å². The summed E-state index contributed by atoms with van der Waals surface area (Å²) in [5.74, 6) is -1.21. The number of hydrogen-bond acceptors (Lipinski definition) is 6. The van der Waals surface area contributed by atoms with E-state index in [0.29, 0.717) is 24.8 Å². The van der Waals surface area contributed by atoms with Crippen molar-refractivity contribution in [3.05, 3.63) is 70.7 Å². The van der Waals surface area contributed by atoms with Crippen LogP contribution in [0.3, 0.4) is 0 Å². The molecule has 1 aromatic heterocycles. The average Bonchev–Trinajstić information content (AvgIpc) is 3.33. The largest absolute Gasteiger partial charge is 0.416 e. The van der Waals surface area contributed by atoms with Crippen LogP contribution in [0.25, 0.3) is 0 Å². The minimum Gasteiger partial charge on any atom is -0.379 e. The van der Waals surface area contributed by atoms with Crippen LogP contribution in [0.15, 0.2) is 58.1 Å². The van der Waals surface area contributed by atoms with Crippen LogP contribution in [0.2, 0.25) is 5.02 Å². The third kappa shape index (κ3) is 6.19. The molecule has 200 valence electrons. The summed E-state index contributed by atoms with van der Waals surface area (Å²) in [7, 11) is -0.586. The first kappa shape index (κ1) is 27.2. The van der Waals surface area contributed by atoms with Crippen molar-refractivity contribution in [1.29, 1.82) is 0 Å². The Bertz CT molecular complexity index is 1350. The second-order valence-electron chi connectivity index (χ2n) is 9.17. The lowest BCUT2D eigenvalue weighted by Crippen LogP contribution is -2.47. The summed E-state index contributed by atoms with van der Waals surface area (Å²) in [5, 5.41) is 6.67. The molecule has 0 saturated heterocycles. The predicted molar refractivity (Wildman–Crippen MR) is 132 cm³/mol. The molecule has 0 radical (unpaired) electrons. The lowest BCUT2D eigenvalue weighted by molar-refractivity contribution is -0.137. The Kier molecular flexibility index (Phi) is 7.72. The van der Waals surface area contributed by atoms with Crippen molar-refractivity contribution in [2.45, 2.75) is 48.3 Å². The van der Waals surface area contributed by atoms with Crippen LogP contribution in [0.1, 0.15) is 36.3 Å². The Morgan fingerprint density at radius 1 is 1.14 bits per heavy atom. The van der Waals surface area contributed by atoms with Crippen molar-refractivity contribution in [1.82, 2.24) is 10.1 Å². The summed E-state index contributed by atoms with van der Waals surface area (Å²) < 4.78 is 86.4. The van der Waals surface area contributed by atoms with Crippen molar-refractivity contribution in [2.75, 3.05) is 24.1 Å². The lowest BCUT2D eigenvalue weighted by Gasteiger charge is -2.41. The van der Waals surface area contributed by atoms with E-state index in [4.69, 9.17) is 11.6 Å². The molecular weight excluding hydrogens is 536 g/mol. The van der Waals surface area contributed by atoms with Crippen LogP contribution in [0.4, 0.5) is 29.1 Å². The molecule has 1 heterocycles. The maximum absolute atomic E-state index is 14.9. The average molecular weight is 561 g/mol. The number of halogens is 5. The minimum atomic E-state index is -4.42. The van der Waals surface area contributed by atoms with Crippen molar-refractivity contribution in [3.8, 4) is 0 Å². The fraction of sp³-hybridized carbons (Fsp3) is 0.375. The zero-order valence-electron chi connectivity index (χ0n) is 19.9. The van der Waals surface area contributed by atoms with E-state index in [1.54, 1.807) is 6.07 Å². The molecule has 0 amide bonds. The maximum atomic E-state index is 14.9. The number of sulfonamides is 1. The topological polar surface area (TPSA) is 87.5 Å². The van der Waals surface area contributed by atoms with Crippen molar-refractivity contribution < 1.29 is 30.5 Å². The highest BCUT2D eigenvalue weighted by molar-refractivity contribution is 7.92. The van der Waals surface area contributed by atoms with E-state index in [1.807, 2.05) is 19.0 Å². The van der Waals surface area contributed by atoms with E-state index in [2.05, 4.69) is 19.7 Å². The van der Waals surface area contributed by atoms with Gasteiger partial charge in [-0.3, -0.25) is 4.72 Å². The molecule has 2 aromatic carbocycles. The van der Waals surface area contributed by atoms with Crippen LogP contribution >= 0.6 is 11.6 Å². The van der Waals surface area contributed by atoms with Gasteiger partial charge in [-0.1, -0.05) is 35.0 Å². The van der Waals surface area contributed by atoms with Crippen molar-refractivity contribution in [3.63, 3.8) is 0 Å². The highest BCUT2D eigenvalue weighted by atomic mass is 35.5. The smallest absolute Gasteiger partial charge is 0.379 e. The van der Waals surface area contributed by atoms with Gasteiger partial charge in [0.1, 0.15) is 17.0 Å². The molecule has 0 bridgehead atoms. The predicted octanol–water partition coefficient (Wildman–Crippen LogP) is 5.97. The molecule has 3 aromatic rings. The number of alkyl halides is 3. The maximum Gasteiger partial charge on any atom is 0.416 e. The minimum absolute atomic E-state index is 0.000522. The van der Waals surface area contributed by atoms with Gasteiger partial charge in [-0.25, -0.2) is 12.8 Å². The lowest BCUT2D eigenvalue weighted by atomic mass is 9.78. The van der Waals surface area contributed by atoms with Gasteiger partial charge in [0.2, 0.25) is 0 Å². The third-order valence-corrected chi connectivity index (χ3v) is 8.18. The number of benzene rings is 2. The molecule has 37 heavy (non-hydrogen) atoms. The SMILES string of the molecule is CN(C)[C@H]1C[C@H](c2cccc(C(F)(F)F)c2)CC[C@@H]1Nc1cc(F)c(S(=O)(=O)Nc2ccon2)cc1Cl. The van der Waals surface area contributed by atoms with Gasteiger partial charge in [-0.05, 0) is 63.0 Å². The van der Waals surface area contributed by atoms with E-state index >= 15 is 0 Å². The Morgan fingerprint density at radius 3 is 2.54 bits per heavy atom. The van der Waals surface area contributed by atoms with Crippen LogP contribution in [0, 0.1) is 5.82 Å². The summed E-state index contributed by atoms with van der Waals surface area (Å²) in [5.41, 5.74) is 0.161. The molecular formula is C24H25ClF4N4O3S. The summed E-state index contributed by atoms with van der Waals surface area (Å²) in [6.45, 7) is 0. The second-order valence-corrected chi connectivity index (χ2v) is 11.2. The Hall–Kier alpha value is -2.83. The zero-order valence-corrected chi connectivity index (χ0v) is 21.5. The number of rotatable bonds is 7. The Morgan fingerprint density at radius 2 is 1.89 bits per heavy atom. The monoisotopic (exact) mass is 560 g/mol. The standard InChI is InChI=1S/C24H25ClF4N4O3S/c1-33(2)21-11-15(14-4-3-5-16(10-14)24(27,28)29)6-7-19(21)30-20-13-18(26)22(12-17(20)25)37(34,35)32-23-8-9-36-31-23/h3-5,8-10,12-13,15,19,21,30H,6-7,11H2,1-2H3,(H,31,32)/t15-,19+,21+/m1/s1. The van der Waals surface area contributed by atoms with Crippen LogP contribution in [-0.4, -0.2) is 44.7 Å². The molecule has 1 aliphatic carbocycles. The van der Waals surface area contributed by atoms with Gasteiger partial charge in [0, 0.05) is 18.2 Å². The van der Waals surface area contributed by atoms with Crippen LogP contribution in [0.5, 0.6) is 0 Å². The highest BCUT2D eigenvalue weighted by Crippen LogP contribution is 2.39. The second kappa shape index (κ2) is 10.5. The first-order valence-electron chi connectivity index (χ1n) is 11.4. The first-order valence-corrected chi connectivity index (χ1v) is 13.2. The molecule has 0 spiro atoms. The third-order valence-electron chi connectivity index (χ3n) is 6.49. The number of nitrogens with one attached hydrogen (secondary N) is 2. The Labute approximate surface area is 216 Å². The van der Waals surface area contributed by atoms with Crippen LogP contribution in [-0.2, 0) is 16.2 Å². The summed E-state index contributed by atoms with van der Waals surface area (Å²) in [4.78, 5) is 1.31. The molecule has 1 fully saturated rings. The van der Waals surface area contributed by atoms with Gasteiger partial charge in [0.25, 0.3) is 10.0 Å². The molecule has 7 nitrogen and oxygen atoms in total.